The van der Waals surface area contributed by atoms with Crippen LogP contribution in [0.3, 0.4) is 0 Å². The third-order valence-corrected chi connectivity index (χ3v) is 3.25. The number of rotatable bonds is 4. The second-order valence-corrected chi connectivity index (χ2v) is 5.42. The SMILES string of the molecule is CC(=O)Nc1ccc(C(=O)N/N=C\c2ccc(Br)cc2)cc1. The molecule has 112 valence electrons. The third kappa shape index (κ3) is 4.82. The Morgan fingerprint density at radius 1 is 1.05 bits per heavy atom. The van der Waals surface area contributed by atoms with Crippen molar-refractivity contribution in [2.24, 2.45) is 5.10 Å². The molecule has 0 aliphatic heterocycles. The number of benzene rings is 2. The predicted molar refractivity (Wildman–Crippen MR) is 89.9 cm³/mol. The molecule has 5 nitrogen and oxygen atoms in total. The maximum absolute atomic E-state index is 11.9. The number of nitrogens with zero attached hydrogens (tertiary/aromatic N) is 1. The first-order chi connectivity index (χ1) is 10.5. The molecule has 0 aliphatic rings. The molecule has 2 aromatic rings. The Morgan fingerprint density at radius 3 is 2.27 bits per heavy atom. The van der Waals surface area contributed by atoms with Crippen molar-refractivity contribution in [1.82, 2.24) is 5.43 Å². The average molecular weight is 360 g/mol. The second kappa shape index (κ2) is 7.51. The molecule has 0 saturated carbocycles. The van der Waals surface area contributed by atoms with Gasteiger partial charge in [-0.15, -0.1) is 0 Å². The molecule has 2 aromatic carbocycles. The Bertz CT molecular complexity index is 694. The first-order valence-electron chi connectivity index (χ1n) is 6.51. The van der Waals surface area contributed by atoms with Crippen LogP contribution in [0.1, 0.15) is 22.8 Å². The van der Waals surface area contributed by atoms with Crippen molar-refractivity contribution in [2.45, 2.75) is 6.92 Å². The van der Waals surface area contributed by atoms with Crippen LogP contribution in [0, 0.1) is 0 Å². The van der Waals surface area contributed by atoms with Crippen molar-refractivity contribution in [3.05, 3.63) is 64.1 Å². The van der Waals surface area contributed by atoms with E-state index in [1.54, 1.807) is 30.5 Å². The van der Waals surface area contributed by atoms with Gasteiger partial charge in [-0.2, -0.15) is 5.10 Å². The van der Waals surface area contributed by atoms with Crippen molar-refractivity contribution in [3.63, 3.8) is 0 Å². The Kier molecular flexibility index (Phi) is 5.43. The average Bonchev–Trinajstić information content (AvgIpc) is 2.49. The van der Waals surface area contributed by atoms with Crippen LogP contribution in [-0.2, 0) is 4.79 Å². The molecule has 0 atom stereocenters. The summed E-state index contributed by atoms with van der Waals surface area (Å²) < 4.78 is 0.980. The van der Waals surface area contributed by atoms with Crippen LogP contribution in [0.4, 0.5) is 5.69 Å². The number of hydrazone groups is 1. The third-order valence-electron chi connectivity index (χ3n) is 2.72. The number of carbonyl (C=O) groups excluding carboxylic acids is 2. The minimum atomic E-state index is -0.317. The fourth-order valence-electron chi connectivity index (χ4n) is 1.69. The smallest absolute Gasteiger partial charge is 0.271 e. The van der Waals surface area contributed by atoms with Gasteiger partial charge in [-0.1, -0.05) is 28.1 Å². The molecule has 0 bridgehead atoms. The molecule has 0 radical (unpaired) electrons. The summed E-state index contributed by atoms with van der Waals surface area (Å²) in [4.78, 5) is 22.8. The van der Waals surface area contributed by atoms with Crippen molar-refractivity contribution in [2.75, 3.05) is 5.32 Å². The summed E-state index contributed by atoms with van der Waals surface area (Å²) in [7, 11) is 0. The number of hydrogen-bond acceptors (Lipinski definition) is 3. The van der Waals surface area contributed by atoms with Gasteiger partial charge in [0.1, 0.15) is 0 Å². The Hall–Kier alpha value is -2.47. The van der Waals surface area contributed by atoms with Gasteiger partial charge in [-0.05, 0) is 42.0 Å². The fraction of sp³-hybridized carbons (Fsp3) is 0.0625. The zero-order valence-corrected chi connectivity index (χ0v) is 13.4. The summed E-state index contributed by atoms with van der Waals surface area (Å²) in [6.45, 7) is 1.43. The van der Waals surface area contributed by atoms with E-state index < -0.39 is 0 Å². The van der Waals surface area contributed by atoms with E-state index in [-0.39, 0.29) is 11.8 Å². The highest BCUT2D eigenvalue weighted by molar-refractivity contribution is 9.10. The van der Waals surface area contributed by atoms with Crippen molar-refractivity contribution in [3.8, 4) is 0 Å². The van der Waals surface area contributed by atoms with Crippen molar-refractivity contribution in [1.29, 1.82) is 0 Å². The van der Waals surface area contributed by atoms with Crippen LogP contribution in [0.5, 0.6) is 0 Å². The molecule has 0 aromatic heterocycles. The molecule has 0 fully saturated rings. The first kappa shape index (κ1) is 15.9. The lowest BCUT2D eigenvalue weighted by molar-refractivity contribution is -0.114. The van der Waals surface area contributed by atoms with Gasteiger partial charge >= 0.3 is 0 Å². The monoisotopic (exact) mass is 359 g/mol. The molecule has 0 aliphatic carbocycles. The molecule has 0 saturated heterocycles. The maximum Gasteiger partial charge on any atom is 0.271 e. The van der Waals surface area contributed by atoms with E-state index in [0.29, 0.717) is 11.3 Å². The minimum Gasteiger partial charge on any atom is -0.326 e. The summed E-state index contributed by atoms with van der Waals surface area (Å²) in [6.07, 6.45) is 1.57. The zero-order chi connectivity index (χ0) is 15.9. The molecule has 0 heterocycles. The zero-order valence-electron chi connectivity index (χ0n) is 11.8. The molecule has 2 N–H and O–H groups in total. The van der Waals surface area contributed by atoms with Gasteiger partial charge in [-0.3, -0.25) is 9.59 Å². The molecular formula is C16H14BrN3O2. The van der Waals surface area contributed by atoms with Gasteiger partial charge in [0.25, 0.3) is 5.91 Å². The standard InChI is InChI=1S/C16H14BrN3O2/c1-11(21)19-15-8-4-13(5-9-15)16(22)20-18-10-12-2-6-14(17)7-3-12/h2-10H,1H3,(H,19,21)(H,20,22)/b18-10-. The summed E-state index contributed by atoms with van der Waals surface area (Å²) in [5.41, 5.74) is 4.43. The highest BCUT2D eigenvalue weighted by Gasteiger charge is 2.04. The topological polar surface area (TPSA) is 70.6 Å². The fourth-order valence-corrected chi connectivity index (χ4v) is 1.95. The van der Waals surface area contributed by atoms with E-state index in [1.165, 1.54) is 6.92 Å². The van der Waals surface area contributed by atoms with Crippen LogP contribution < -0.4 is 10.7 Å². The number of hydrogen-bond donors (Lipinski definition) is 2. The normalized spacial score (nSPS) is 10.5. The van der Waals surface area contributed by atoms with E-state index in [9.17, 15) is 9.59 Å². The Morgan fingerprint density at radius 2 is 1.68 bits per heavy atom. The van der Waals surface area contributed by atoms with E-state index in [2.05, 4.69) is 31.8 Å². The largest absolute Gasteiger partial charge is 0.326 e. The quantitative estimate of drug-likeness (QED) is 0.650. The van der Waals surface area contributed by atoms with Crippen LogP contribution in [-0.4, -0.2) is 18.0 Å². The van der Waals surface area contributed by atoms with Crippen molar-refractivity contribution < 1.29 is 9.59 Å². The van der Waals surface area contributed by atoms with Gasteiger partial charge in [0.05, 0.1) is 6.21 Å². The number of nitrogens with one attached hydrogen (secondary N) is 2. The molecule has 22 heavy (non-hydrogen) atoms. The minimum absolute atomic E-state index is 0.156. The van der Waals surface area contributed by atoms with Crippen LogP contribution in [0.25, 0.3) is 0 Å². The molecule has 2 rings (SSSR count). The van der Waals surface area contributed by atoms with Crippen LogP contribution in [0.2, 0.25) is 0 Å². The highest BCUT2D eigenvalue weighted by Crippen LogP contribution is 2.10. The van der Waals surface area contributed by atoms with Gasteiger partial charge < -0.3 is 5.32 Å². The lowest BCUT2D eigenvalue weighted by atomic mass is 10.2. The van der Waals surface area contributed by atoms with Gasteiger partial charge in [-0.25, -0.2) is 5.43 Å². The van der Waals surface area contributed by atoms with Gasteiger partial charge in [0.2, 0.25) is 5.91 Å². The highest BCUT2D eigenvalue weighted by atomic mass is 79.9. The number of anilines is 1. The molecule has 0 spiro atoms. The van der Waals surface area contributed by atoms with E-state index in [1.807, 2.05) is 24.3 Å². The number of carbonyl (C=O) groups is 2. The predicted octanol–water partition coefficient (Wildman–Crippen LogP) is 3.17. The van der Waals surface area contributed by atoms with Gasteiger partial charge in [0.15, 0.2) is 0 Å². The van der Waals surface area contributed by atoms with Crippen LogP contribution in [0.15, 0.2) is 58.1 Å². The number of halogens is 1. The molecular weight excluding hydrogens is 346 g/mol. The van der Waals surface area contributed by atoms with E-state index in [0.717, 1.165) is 10.0 Å². The van der Waals surface area contributed by atoms with Crippen LogP contribution >= 0.6 is 15.9 Å². The molecule has 6 heteroatoms. The summed E-state index contributed by atoms with van der Waals surface area (Å²) in [6, 6.07) is 14.1. The lowest BCUT2D eigenvalue weighted by Gasteiger charge is -2.03. The summed E-state index contributed by atoms with van der Waals surface area (Å²) in [5.74, 6) is -0.473. The Labute approximate surface area is 136 Å². The van der Waals surface area contributed by atoms with E-state index in [4.69, 9.17) is 0 Å². The summed E-state index contributed by atoms with van der Waals surface area (Å²) >= 11 is 3.35. The Balaban J connectivity index is 1.94. The molecule has 0 unspecified atom stereocenters. The maximum atomic E-state index is 11.9. The molecule has 2 amide bonds. The van der Waals surface area contributed by atoms with E-state index >= 15 is 0 Å². The summed E-state index contributed by atoms with van der Waals surface area (Å²) in [5, 5.41) is 6.54. The number of amides is 2. The lowest BCUT2D eigenvalue weighted by Crippen LogP contribution is -2.17. The first-order valence-corrected chi connectivity index (χ1v) is 7.30. The van der Waals surface area contributed by atoms with Crippen molar-refractivity contribution >= 4 is 39.6 Å². The second-order valence-electron chi connectivity index (χ2n) is 4.51. The van der Waals surface area contributed by atoms with Gasteiger partial charge in [0, 0.05) is 22.6 Å².